The maximum atomic E-state index is 9.98. The summed E-state index contributed by atoms with van der Waals surface area (Å²) in [6, 6.07) is 5.38. The summed E-state index contributed by atoms with van der Waals surface area (Å²) in [6.45, 7) is 3.90. The van der Waals surface area contributed by atoms with Gasteiger partial charge in [-0.25, -0.2) is 5.43 Å². The van der Waals surface area contributed by atoms with Crippen molar-refractivity contribution in [3.63, 3.8) is 0 Å². The Morgan fingerprint density at radius 3 is 2.07 bits per heavy atom. The third-order valence-corrected chi connectivity index (χ3v) is 5.92. The van der Waals surface area contributed by atoms with Gasteiger partial charge < -0.3 is 14.9 Å². The van der Waals surface area contributed by atoms with E-state index >= 15 is 0 Å². The number of hydrogen-bond acceptors (Lipinski definition) is 8. The summed E-state index contributed by atoms with van der Waals surface area (Å²) in [4.78, 5) is 18.5. The highest BCUT2D eigenvalue weighted by atomic mass is 127. The van der Waals surface area contributed by atoms with Crippen LogP contribution in [0, 0.1) is 3.57 Å². The van der Waals surface area contributed by atoms with E-state index in [0.29, 0.717) is 11.5 Å². The van der Waals surface area contributed by atoms with Crippen LogP contribution in [-0.4, -0.2) is 52.5 Å². The van der Waals surface area contributed by atoms with E-state index in [-0.39, 0.29) is 5.75 Å². The normalized spacial score (nSPS) is 17.7. The monoisotopic (exact) mass is 507 g/mol. The Kier molecular flexibility index (Phi) is 6.63. The molecule has 1 aromatic carbocycles. The second kappa shape index (κ2) is 9.55. The molecule has 8 nitrogen and oxygen atoms in total. The number of benzene rings is 1. The molecule has 2 fully saturated rings. The minimum atomic E-state index is 0.189. The highest BCUT2D eigenvalue weighted by Crippen LogP contribution is 2.23. The molecule has 4 rings (SSSR count). The van der Waals surface area contributed by atoms with Gasteiger partial charge in [-0.1, -0.05) is 0 Å². The Morgan fingerprint density at radius 2 is 1.48 bits per heavy atom. The fourth-order valence-electron chi connectivity index (χ4n) is 3.66. The fourth-order valence-corrected chi connectivity index (χ4v) is 4.18. The number of hydrogen-bond donors (Lipinski definition) is 2. The molecule has 0 spiro atoms. The average molecular weight is 507 g/mol. The van der Waals surface area contributed by atoms with Crippen LogP contribution < -0.4 is 15.2 Å². The molecule has 0 atom stereocenters. The molecule has 3 heterocycles. The SMILES string of the molecule is Oc1ccc(I)cc1C=NNc1nc(N2CCCCC2)nc(N2CCCCC2)n1. The van der Waals surface area contributed by atoms with Gasteiger partial charge in [0.05, 0.1) is 6.21 Å². The average Bonchev–Trinajstić information content (AvgIpc) is 2.77. The minimum Gasteiger partial charge on any atom is -0.507 e. The van der Waals surface area contributed by atoms with Crippen molar-refractivity contribution < 1.29 is 5.11 Å². The molecule has 0 aliphatic carbocycles. The van der Waals surface area contributed by atoms with Gasteiger partial charge in [-0.15, -0.1) is 0 Å². The lowest BCUT2D eigenvalue weighted by Gasteiger charge is -2.30. The molecule has 0 saturated carbocycles. The van der Waals surface area contributed by atoms with Gasteiger partial charge in [0.2, 0.25) is 17.8 Å². The van der Waals surface area contributed by atoms with Crippen molar-refractivity contribution in [3.05, 3.63) is 27.3 Å². The Morgan fingerprint density at radius 1 is 0.897 bits per heavy atom. The number of halogens is 1. The molecule has 2 saturated heterocycles. The second-order valence-corrected chi connectivity index (χ2v) is 8.67. The van der Waals surface area contributed by atoms with Crippen LogP contribution in [0.25, 0.3) is 0 Å². The molecule has 2 aliphatic heterocycles. The van der Waals surface area contributed by atoms with Crippen molar-refractivity contribution in [2.24, 2.45) is 5.10 Å². The number of phenolic OH excluding ortho intramolecular Hbond substituents is 1. The van der Waals surface area contributed by atoms with Crippen LogP contribution in [0.5, 0.6) is 5.75 Å². The van der Waals surface area contributed by atoms with E-state index in [4.69, 9.17) is 4.98 Å². The molecule has 29 heavy (non-hydrogen) atoms. The summed E-state index contributed by atoms with van der Waals surface area (Å²) in [5.74, 6) is 2.06. The predicted molar refractivity (Wildman–Crippen MR) is 124 cm³/mol. The summed E-state index contributed by atoms with van der Waals surface area (Å²) in [7, 11) is 0. The van der Waals surface area contributed by atoms with Crippen molar-refractivity contribution >= 4 is 46.7 Å². The van der Waals surface area contributed by atoms with Crippen LogP contribution in [0.4, 0.5) is 17.8 Å². The number of aromatic nitrogens is 3. The van der Waals surface area contributed by atoms with Crippen LogP contribution >= 0.6 is 22.6 Å². The van der Waals surface area contributed by atoms with Crippen LogP contribution in [0.15, 0.2) is 23.3 Å². The largest absolute Gasteiger partial charge is 0.507 e. The molecule has 2 N–H and O–H groups in total. The molecule has 1 aromatic heterocycles. The first-order valence-corrected chi connectivity index (χ1v) is 11.3. The summed E-state index contributed by atoms with van der Waals surface area (Å²) in [5.41, 5.74) is 3.58. The van der Waals surface area contributed by atoms with Gasteiger partial charge >= 0.3 is 0 Å². The van der Waals surface area contributed by atoms with E-state index in [1.807, 2.05) is 12.1 Å². The van der Waals surface area contributed by atoms with Crippen molar-refractivity contribution in [3.8, 4) is 5.75 Å². The lowest BCUT2D eigenvalue weighted by Crippen LogP contribution is -2.34. The highest BCUT2D eigenvalue weighted by Gasteiger charge is 2.20. The third kappa shape index (κ3) is 5.26. The minimum absolute atomic E-state index is 0.189. The predicted octanol–water partition coefficient (Wildman–Crippen LogP) is 3.61. The van der Waals surface area contributed by atoms with E-state index < -0.39 is 0 Å². The van der Waals surface area contributed by atoms with E-state index in [2.05, 4.69) is 52.9 Å². The quantitative estimate of drug-likeness (QED) is 0.363. The molecule has 0 unspecified atom stereocenters. The standard InChI is InChI=1S/C20H26IN7O/c21-16-7-8-17(29)15(13-16)14-22-26-18-23-19(27-9-3-1-4-10-27)25-20(24-18)28-11-5-2-6-12-28/h7-8,13-14,29H,1-6,9-12H2,(H,23,24,25,26). The second-order valence-electron chi connectivity index (χ2n) is 7.43. The number of phenols is 1. The van der Waals surface area contributed by atoms with Gasteiger partial charge in [0.15, 0.2) is 0 Å². The summed E-state index contributed by atoms with van der Waals surface area (Å²) < 4.78 is 1.03. The van der Waals surface area contributed by atoms with Crippen LogP contribution in [0.3, 0.4) is 0 Å². The van der Waals surface area contributed by atoms with Gasteiger partial charge in [-0.2, -0.15) is 20.1 Å². The van der Waals surface area contributed by atoms with Gasteiger partial charge in [0.1, 0.15) is 5.75 Å². The summed E-state index contributed by atoms with van der Waals surface area (Å²) in [6.07, 6.45) is 8.76. The molecule has 0 amide bonds. The zero-order valence-electron chi connectivity index (χ0n) is 16.4. The summed E-state index contributed by atoms with van der Waals surface area (Å²) in [5, 5.41) is 14.2. The van der Waals surface area contributed by atoms with Crippen LogP contribution in [-0.2, 0) is 0 Å². The van der Waals surface area contributed by atoms with E-state index in [1.165, 1.54) is 12.8 Å². The Balaban J connectivity index is 1.57. The smallest absolute Gasteiger partial charge is 0.250 e. The van der Waals surface area contributed by atoms with Crippen molar-refractivity contribution in [1.82, 2.24) is 15.0 Å². The molecular formula is C20H26IN7O. The fraction of sp³-hybridized carbons (Fsp3) is 0.500. The zero-order valence-corrected chi connectivity index (χ0v) is 18.5. The Hall–Kier alpha value is -2.17. The molecular weight excluding hydrogens is 481 g/mol. The highest BCUT2D eigenvalue weighted by molar-refractivity contribution is 14.1. The Bertz CT molecular complexity index is 828. The third-order valence-electron chi connectivity index (χ3n) is 5.25. The first-order chi connectivity index (χ1) is 14.2. The number of piperidine rings is 2. The number of anilines is 3. The Labute approximate surface area is 184 Å². The number of rotatable bonds is 5. The molecule has 2 aromatic rings. The number of hydrazone groups is 1. The lowest BCUT2D eigenvalue weighted by molar-refractivity contribution is 0.474. The van der Waals surface area contributed by atoms with Crippen molar-refractivity contribution in [2.45, 2.75) is 38.5 Å². The van der Waals surface area contributed by atoms with Gasteiger partial charge in [0.25, 0.3) is 0 Å². The topological polar surface area (TPSA) is 89.8 Å². The maximum Gasteiger partial charge on any atom is 0.250 e. The zero-order chi connectivity index (χ0) is 20.1. The van der Waals surface area contributed by atoms with E-state index in [1.54, 1.807) is 12.3 Å². The first-order valence-electron chi connectivity index (χ1n) is 10.2. The number of aromatic hydroxyl groups is 1. The molecule has 0 bridgehead atoms. The number of nitrogens with zero attached hydrogens (tertiary/aromatic N) is 6. The molecule has 2 aliphatic rings. The lowest BCUT2D eigenvalue weighted by atomic mass is 10.1. The van der Waals surface area contributed by atoms with Crippen LogP contribution in [0.1, 0.15) is 44.1 Å². The van der Waals surface area contributed by atoms with Crippen molar-refractivity contribution in [1.29, 1.82) is 0 Å². The molecule has 154 valence electrons. The van der Waals surface area contributed by atoms with E-state index in [0.717, 1.165) is 67.3 Å². The first kappa shape index (κ1) is 20.1. The molecule has 0 radical (unpaired) electrons. The van der Waals surface area contributed by atoms with Gasteiger partial charge in [-0.3, -0.25) is 0 Å². The van der Waals surface area contributed by atoms with Crippen molar-refractivity contribution in [2.75, 3.05) is 41.4 Å². The van der Waals surface area contributed by atoms with Gasteiger partial charge in [0, 0.05) is 35.3 Å². The summed E-state index contributed by atoms with van der Waals surface area (Å²) >= 11 is 2.21. The molecule has 9 heteroatoms. The van der Waals surface area contributed by atoms with Crippen LogP contribution in [0.2, 0.25) is 0 Å². The number of nitrogens with one attached hydrogen (secondary N) is 1. The van der Waals surface area contributed by atoms with Gasteiger partial charge in [-0.05, 0) is 79.3 Å². The van der Waals surface area contributed by atoms with E-state index in [9.17, 15) is 5.11 Å². The maximum absolute atomic E-state index is 9.98.